The maximum absolute atomic E-state index is 12.4. The molecule has 0 bridgehead atoms. The molecule has 1 N–H and O–H groups in total. The molecule has 2 atom stereocenters. The molecular weight excluding hydrogens is 335 g/mol. The first-order chi connectivity index (χ1) is 9.43. The van der Waals surface area contributed by atoms with Gasteiger partial charge in [0.15, 0.2) is 0 Å². The Kier molecular flexibility index (Phi) is 3.32. The molecule has 1 aliphatic carbocycles. The van der Waals surface area contributed by atoms with Crippen LogP contribution >= 0.6 is 15.9 Å². The van der Waals surface area contributed by atoms with E-state index >= 15 is 0 Å². The van der Waals surface area contributed by atoms with Gasteiger partial charge in [-0.3, -0.25) is 0 Å². The molecule has 3 nitrogen and oxygen atoms in total. The van der Waals surface area contributed by atoms with Gasteiger partial charge in [0.2, 0.25) is 0 Å². The van der Waals surface area contributed by atoms with Gasteiger partial charge in [-0.25, -0.2) is 0 Å². The van der Waals surface area contributed by atoms with E-state index in [1.807, 2.05) is 18.2 Å². The SMILES string of the molecule is FC(F)(F)[C@@H]1C[C@H]1CNc1cc2cc(Br)ccc2nn1. The van der Waals surface area contributed by atoms with Crippen LogP contribution in [0, 0.1) is 11.8 Å². The first kappa shape index (κ1) is 13.6. The number of fused-ring (bicyclic) bond motifs is 1. The van der Waals surface area contributed by atoms with Crippen LogP contribution < -0.4 is 5.32 Å². The predicted octanol–water partition coefficient (Wildman–Crippen LogP) is 4.00. The van der Waals surface area contributed by atoms with E-state index in [1.54, 1.807) is 6.07 Å². The molecule has 0 amide bonds. The molecule has 106 valence electrons. The number of alkyl halides is 3. The number of nitrogens with one attached hydrogen (secondary N) is 1. The molecular formula is C13H11BrF3N3. The van der Waals surface area contributed by atoms with Crippen molar-refractivity contribution in [2.45, 2.75) is 12.6 Å². The van der Waals surface area contributed by atoms with Gasteiger partial charge in [0, 0.05) is 16.4 Å². The lowest BCUT2D eigenvalue weighted by Gasteiger charge is -2.07. The highest BCUT2D eigenvalue weighted by Crippen LogP contribution is 2.49. The summed E-state index contributed by atoms with van der Waals surface area (Å²) in [5.41, 5.74) is 0.748. The van der Waals surface area contributed by atoms with Crippen LogP contribution in [0.2, 0.25) is 0 Å². The standard InChI is InChI=1S/C13H11BrF3N3/c14-9-1-2-11-7(3-9)5-12(20-19-11)18-6-8-4-10(8)13(15,16)17/h1-3,5,8,10H,4,6H2,(H,18,20)/t8-,10+/m0/s1. The Morgan fingerprint density at radius 1 is 1.25 bits per heavy atom. The number of anilines is 1. The van der Waals surface area contributed by atoms with Crippen molar-refractivity contribution in [2.75, 3.05) is 11.9 Å². The summed E-state index contributed by atoms with van der Waals surface area (Å²) in [6.07, 6.45) is -3.88. The van der Waals surface area contributed by atoms with E-state index in [2.05, 4.69) is 31.4 Å². The number of rotatable bonds is 3. The van der Waals surface area contributed by atoms with E-state index in [1.165, 1.54) is 0 Å². The molecule has 1 aliphatic rings. The maximum atomic E-state index is 12.4. The van der Waals surface area contributed by atoms with Gasteiger partial charge in [0.25, 0.3) is 0 Å². The Hall–Kier alpha value is -1.37. The van der Waals surface area contributed by atoms with Crippen LogP contribution in [-0.4, -0.2) is 22.9 Å². The van der Waals surface area contributed by atoms with Crippen LogP contribution in [0.25, 0.3) is 10.9 Å². The molecule has 0 spiro atoms. The van der Waals surface area contributed by atoms with Crippen molar-refractivity contribution in [3.63, 3.8) is 0 Å². The Morgan fingerprint density at radius 2 is 2.05 bits per heavy atom. The molecule has 1 heterocycles. The second kappa shape index (κ2) is 4.87. The number of benzene rings is 1. The van der Waals surface area contributed by atoms with E-state index in [0.717, 1.165) is 15.4 Å². The van der Waals surface area contributed by atoms with Gasteiger partial charge in [-0.05, 0) is 36.6 Å². The van der Waals surface area contributed by atoms with E-state index in [9.17, 15) is 13.2 Å². The highest BCUT2D eigenvalue weighted by Gasteiger charge is 2.55. The van der Waals surface area contributed by atoms with E-state index in [4.69, 9.17) is 0 Å². The largest absolute Gasteiger partial charge is 0.392 e. The third-order valence-electron chi connectivity index (χ3n) is 3.44. The molecule has 1 fully saturated rings. The highest BCUT2D eigenvalue weighted by molar-refractivity contribution is 9.10. The quantitative estimate of drug-likeness (QED) is 0.913. The summed E-state index contributed by atoms with van der Waals surface area (Å²) in [6, 6.07) is 7.38. The van der Waals surface area contributed by atoms with Gasteiger partial charge in [-0.15, -0.1) is 10.2 Å². The molecule has 1 aromatic heterocycles. The summed E-state index contributed by atoms with van der Waals surface area (Å²) < 4.78 is 38.1. The van der Waals surface area contributed by atoms with E-state index in [0.29, 0.717) is 5.82 Å². The smallest absolute Gasteiger partial charge is 0.368 e. The molecule has 7 heteroatoms. The van der Waals surface area contributed by atoms with Gasteiger partial charge in [-0.2, -0.15) is 13.2 Å². The molecule has 2 aromatic rings. The average molecular weight is 346 g/mol. The molecule has 0 saturated heterocycles. The van der Waals surface area contributed by atoms with Gasteiger partial charge < -0.3 is 5.32 Å². The molecule has 3 rings (SSSR count). The van der Waals surface area contributed by atoms with E-state index < -0.39 is 12.1 Å². The van der Waals surface area contributed by atoms with Crippen LogP contribution in [0.4, 0.5) is 19.0 Å². The number of nitrogens with zero attached hydrogens (tertiary/aromatic N) is 2. The minimum atomic E-state index is -4.08. The zero-order valence-electron chi connectivity index (χ0n) is 10.3. The van der Waals surface area contributed by atoms with Crippen LogP contribution in [0.1, 0.15) is 6.42 Å². The zero-order valence-corrected chi connectivity index (χ0v) is 11.9. The van der Waals surface area contributed by atoms with Crippen molar-refractivity contribution >= 4 is 32.7 Å². The Morgan fingerprint density at radius 3 is 2.75 bits per heavy atom. The predicted molar refractivity (Wildman–Crippen MR) is 73.4 cm³/mol. The number of hydrogen-bond donors (Lipinski definition) is 1. The molecule has 1 saturated carbocycles. The summed E-state index contributed by atoms with van der Waals surface area (Å²) in [7, 11) is 0. The minimum absolute atomic E-state index is 0.197. The van der Waals surface area contributed by atoms with E-state index in [-0.39, 0.29) is 18.9 Å². The van der Waals surface area contributed by atoms with Gasteiger partial charge in [0.1, 0.15) is 5.82 Å². The lowest BCUT2D eigenvalue weighted by molar-refractivity contribution is -0.150. The van der Waals surface area contributed by atoms with Gasteiger partial charge >= 0.3 is 6.18 Å². The fraction of sp³-hybridized carbons (Fsp3) is 0.385. The highest BCUT2D eigenvalue weighted by atomic mass is 79.9. The summed E-state index contributed by atoms with van der Waals surface area (Å²) in [5.74, 6) is -1.02. The summed E-state index contributed by atoms with van der Waals surface area (Å²) in [5, 5.41) is 11.8. The number of halogens is 4. The molecule has 20 heavy (non-hydrogen) atoms. The first-order valence-electron chi connectivity index (χ1n) is 6.17. The van der Waals surface area contributed by atoms with Crippen LogP contribution in [0.3, 0.4) is 0 Å². The first-order valence-corrected chi connectivity index (χ1v) is 6.96. The third kappa shape index (κ3) is 2.87. The van der Waals surface area contributed by atoms with Crippen LogP contribution in [-0.2, 0) is 0 Å². The molecule has 0 aliphatic heterocycles. The fourth-order valence-electron chi connectivity index (χ4n) is 2.21. The number of aromatic nitrogens is 2. The average Bonchev–Trinajstić information content (AvgIpc) is 3.15. The molecule has 1 aromatic carbocycles. The van der Waals surface area contributed by atoms with Crippen LogP contribution in [0.5, 0.6) is 0 Å². The van der Waals surface area contributed by atoms with Gasteiger partial charge in [-0.1, -0.05) is 15.9 Å². The van der Waals surface area contributed by atoms with Crippen LogP contribution in [0.15, 0.2) is 28.7 Å². The zero-order chi connectivity index (χ0) is 14.3. The summed E-state index contributed by atoms with van der Waals surface area (Å²) >= 11 is 3.37. The Balaban J connectivity index is 1.67. The van der Waals surface area contributed by atoms with Gasteiger partial charge in [0.05, 0.1) is 11.4 Å². The Bertz CT molecular complexity index is 644. The topological polar surface area (TPSA) is 37.8 Å². The van der Waals surface area contributed by atoms with Crippen molar-refractivity contribution in [3.8, 4) is 0 Å². The maximum Gasteiger partial charge on any atom is 0.392 e. The second-order valence-corrected chi connectivity index (χ2v) is 5.87. The minimum Gasteiger partial charge on any atom is -0.368 e. The monoisotopic (exact) mass is 345 g/mol. The lowest BCUT2D eigenvalue weighted by atomic mass is 10.2. The number of hydrogen-bond acceptors (Lipinski definition) is 3. The third-order valence-corrected chi connectivity index (χ3v) is 3.93. The van der Waals surface area contributed by atoms with Crippen molar-refractivity contribution in [2.24, 2.45) is 11.8 Å². The summed E-state index contributed by atoms with van der Waals surface area (Å²) in [6.45, 7) is 0.276. The van der Waals surface area contributed by atoms with Crippen molar-refractivity contribution in [3.05, 3.63) is 28.7 Å². The van der Waals surface area contributed by atoms with Crippen molar-refractivity contribution < 1.29 is 13.2 Å². The fourth-order valence-corrected chi connectivity index (χ4v) is 2.59. The second-order valence-electron chi connectivity index (χ2n) is 4.96. The summed E-state index contributed by atoms with van der Waals surface area (Å²) in [4.78, 5) is 0. The Labute approximate surface area is 121 Å². The molecule has 0 unspecified atom stereocenters. The van der Waals surface area contributed by atoms with Crippen molar-refractivity contribution in [1.29, 1.82) is 0 Å². The van der Waals surface area contributed by atoms with Crippen molar-refractivity contribution in [1.82, 2.24) is 10.2 Å². The molecule has 0 radical (unpaired) electrons. The normalized spacial score (nSPS) is 22.0. The lowest BCUT2D eigenvalue weighted by Crippen LogP contribution is -2.15.